The fourth-order valence-electron chi connectivity index (χ4n) is 2.09. The van der Waals surface area contributed by atoms with Crippen molar-refractivity contribution in [3.8, 4) is 0 Å². The van der Waals surface area contributed by atoms with E-state index in [9.17, 15) is 0 Å². The molecule has 3 nitrogen and oxygen atoms in total. The highest BCUT2D eigenvalue weighted by atomic mass is 16.5. The fourth-order valence-corrected chi connectivity index (χ4v) is 2.09. The van der Waals surface area contributed by atoms with Crippen LogP contribution in [0.15, 0.2) is 0 Å². The maximum atomic E-state index is 5.81. The van der Waals surface area contributed by atoms with Crippen molar-refractivity contribution in [2.45, 2.75) is 38.8 Å². The molecular formula is C11H23NO2. The summed E-state index contributed by atoms with van der Waals surface area (Å²) in [6.45, 7) is 6.14. The molecule has 1 aliphatic carbocycles. The Balaban J connectivity index is 2.15. The summed E-state index contributed by atoms with van der Waals surface area (Å²) in [7, 11) is 3.75. The van der Waals surface area contributed by atoms with Gasteiger partial charge in [0.2, 0.25) is 0 Å². The van der Waals surface area contributed by atoms with Gasteiger partial charge in [0.15, 0.2) is 0 Å². The average Bonchev–Trinajstić information content (AvgIpc) is 2.15. The Hall–Kier alpha value is -0.120. The van der Waals surface area contributed by atoms with Crippen molar-refractivity contribution in [3.63, 3.8) is 0 Å². The predicted molar refractivity (Wildman–Crippen MR) is 57.5 cm³/mol. The number of hydrogen-bond acceptors (Lipinski definition) is 3. The summed E-state index contributed by atoms with van der Waals surface area (Å²) in [6.07, 6.45) is 2.54. The first-order chi connectivity index (χ1) is 6.62. The van der Waals surface area contributed by atoms with Crippen molar-refractivity contribution in [3.05, 3.63) is 0 Å². The molecule has 0 heterocycles. The van der Waals surface area contributed by atoms with Gasteiger partial charge >= 0.3 is 0 Å². The minimum absolute atomic E-state index is 0.280. The number of hydrogen-bond donors (Lipinski definition) is 1. The van der Waals surface area contributed by atoms with Gasteiger partial charge in [0.05, 0.1) is 6.10 Å². The normalized spacial score (nSPS) is 30.0. The Morgan fingerprint density at radius 1 is 1.36 bits per heavy atom. The molecule has 0 radical (unpaired) electrons. The summed E-state index contributed by atoms with van der Waals surface area (Å²) in [4.78, 5) is 0. The highest BCUT2D eigenvalue weighted by Crippen LogP contribution is 2.42. The topological polar surface area (TPSA) is 30.5 Å². The van der Waals surface area contributed by atoms with Crippen molar-refractivity contribution < 1.29 is 9.47 Å². The molecule has 0 aromatic rings. The van der Waals surface area contributed by atoms with Crippen LogP contribution in [0.2, 0.25) is 0 Å². The molecule has 1 fully saturated rings. The van der Waals surface area contributed by atoms with Crippen molar-refractivity contribution in [2.24, 2.45) is 5.41 Å². The molecule has 0 amide bonds. The SMILES string of the molecule is CNC1CC(OCCCOC)C1(C)C. The van der Waals surface area contributed by atoms with Gasteiger partial charge in [-0.1, -0.05) is 13.8 Å². The largest absolute Gasteiger partial charge is 0.385 e. The standard InChI is InChI=1S/C11H23NO2/c1-11(2)9(12-3)8-10(11)14-7-5-6-13-4/h9-10,12H,5-8H2,1-4H3. The second kappa shape index (κ2) is 5.10. The van der Waals surface area contributed by atoms with Gasteiger partial charge in [0.1, 0.15) is 0 Å². The number of ether oxygens (including phenoxy) is 2. The number of nitrogens with one attached hydrogen (secondary N) is 1. The van der Waals surface area contributed by atoms with E-state index in [-0.39, 0.29) is 5.41 Å². The molecule has 2 atom stereocenters. The van der Waals surface area contributed by atoms with E-state index in [2.05, 4.69) is 19.2 Å². The van der Waals surface area contributed by atoms with E-state index in [4.69, 9.17) is 9.47 Å². The van der Waals surface area contributed by atoms with Crippen LogP contribution in [0.5, 0.6) is 0 Å². The Bertz CT molecular complexity index is 171. The van der Waals surface area contributed by atoms with Gasteiger partial charge in [0.25, 0.3) is 0 Å². The van der Waals surface area contributed by atoms with Crippen LogP contribution in [-0.4, -0.2) is 39.5 Å². The third-order valence-corrected chi connectivity index (χ3v) is 3.34. The molecule has 84 valence electrons. The summed E-state index contributed by atoms with van der Waals surface area (Å²) < 4.78 is 10.8. The highest BCUT2D eigenvalue weighted by molar-refractivity contribution is 5.02. The predicted octanol–water partition coefficient (Wildman–Crippen LogP) is 1.43. The van der Waals surface area contributed by atoms with Gasteiger partial charge in [-0.25, -0.2) is 0 Å². The Morgan fingerprint density at radius 3 is 2.57 bits per heavy atom. The minimum Gasteiger partial charge on any atom is -0.385 e. The average molecular weight is 201 g/mol. The maximum absolute atomic E-state index is 5.81. The lowest BCUT2D eigenvalue weighted by atomic mass is 9.64. The molecule has 3 heteroatoms. The fraction of sp³-hybridized carbons (Fsp3) is 1.00. The molecule has 1 aliphatic rings. The summed E-state index contributed by atoms with van der Waals surface area (Å²) in [5.41, 5.74) is 0.280. The molecule has 2 unspecified atom stereocenters. The number of rotatable bonds is 6. The molecule has 1 rings (SSSR count). The van der Waals surface area contributed by atoms with Crippen LogP contribution >= 0.6 is 0 Å². The van der Waals surface area contributed by atoms with Crippen LogP contribution in [0, 0.1) is 5.41 Å². The number of methoxy groups -OCH3 is 1. The van der Waals surface area contributed by atoms with E-state index < -0.39 is 0 Å². The summed E-state index contributed by atoms with van der Waals surface area (Å²) in [5, 5.41) is 3.32. The first-order valence-corrected chi connectivity index (χ1v) is 5.40. The lowest BCUT2D eigenvalue weighted by Gasteiger charge is -2.51. The van der Waals surface area contributed by atoms with Crippen LogP contribution in [0.3, 0.4) is 0 Å². The van der Waals surface area contributed by atoms with Crippen LogP contribution in [0.4, 0.5) is 0 Å². The zero-order valence-corrected chi connectivity index (χ0v) is 9.80. The zero-order chi connectivity index (χ0) is 10.6. The molecule has 1 N–H and O–H groups in total. The van der Waals surface area contributed by atoms with Gasteiger partial charge in [-0.05, 0) is 19.9 Å². The smallest absolute Gasteiger partial charge is 0.0655 e. The van der Waals surface area contributed by atoms with Gasteiger partial charge in [-0.2, -0.15) is 0 Å². The van der Waals surface area contributed by atoms with Crippen LogP contribution in [0.25, 0.3) is 0 Å². The van der Waals surface area contributed by atoms with Crippen molar-refractivity contribution in [1.82, 2.24) is 5.32 Å². The zero-order valence-electron chi connectivity index (χ0n) is 9.80. The van der Waals surface area contributed by atoms with Crippen LogP contribution < -0.4 is 5.32 Å². The van der Waals surface area contributed by atoms with E-state index >= 15 is 0 Å². The first-order valence-electron chi connectivity index (χ1n) is 5.40. The molecule has 14 heavy (non-hydrogen) atoms. The summed E-state index contributed by atoms with van der Waals surface area (Å²) >= 11 is 0. The summed E-state index contributed by atoms with van der Waals surface area (Å²) in [6, 6.07) is 0.606. The lowest BCUT2D eigenvalue weighted by Crippen LogP contribution is -2.60. The van der Waals surface area contributed by atoms with Gasteiger partial charge in [-0.15, -0.1) is 0 Å². The molecular weight excluding hydrogens is 178 g/mol. The van der Waals surface area contributed by atoms with E-state index in [0.29, 0.717) is 12.1 Å². The Kier molecular flexibility index (Phi) is 4.35. The van der Waals surface area contributed by atoms with E-state index in [1.54, 1.807) is 7.11 Å². The quantitative estimate of drug-likeness (QED) is 0.659. The molecule has 0 bridgehead atoms. The van der Waals surface area contributed by atoms with Crippen molar-refractivity contribution in [1.29, 1.82) is 0 Å². The van der Waals surface area contributed by atoms with Crippen molar-refractivity contribution >= 4 is 0 Å². The molecule has 0 aliphatic heterocycles. The molecule has 1 saturated carbocycles. The molecule has 0 saturated heterocycles. The van der Waals surface area contributed by atoms with Gasteiger partial charge in [0, 0.05) is 31.8 Å². The second-order valence-electron chi connectivity index (χ2n) is 4.60. The maximum Gasteiger partial charge on any atom is 0.0655 e. The summed E-state index contributed by atoms with van der Waals surface area (Å²) in [5.74, 6) is 0. The van der Waals surface area contributed by atoms with Gasteiger partial charge < -0.3 is 14.8 Å². The first kappa shape index (κ1) is 12.0. The highest BCUT2D eigenvalue weighted by Gasteiger charge is 2.47. The Morgan fingerprint density at radius 2 is 2.07 bits per heavy atom. The van der Waals surface area contributed by atoms with E-state index in [1.165, 1.54) is 0 Å². The second-order valence-corrected chi connectivity index (χ2v) is 4.60. The van der Waals surface area contributed by atoms with Crippen molar-refractivity contribution in [2.75, 3.05) is 27.4 Å². The van der Waals surface area contributed by atoms with Crippen LogP contribution in [0.1, 0.15) is 26.7 Å². The van der Waals surface area contributed by atoms with Gasteiger partial charge in [-0.3, -0.25) is 0 Å². The Labute approximate surface area is 87.2 Å². The third-order valence-electron chi connectivity index (χ3n) is 3.34. The molecule has 0 aromatic heterocycles. The van der Waals surface area contributed by atoms with E-state index in [0.717, 1.165) is 26.1 Å². The lowest BCUT2D eigenvalue weighted by molar-refractivity contribution is -0.118. The third kappa shape index (κ3) is 2.47. The van der Waals surface area contributed by atoms with Crippen LogP contribution in [-0.2, 0) is 9.47 Å². The monoisotopic (exact) mass is 201 g/mol. The minimum atomic E-state index is 0.280. The molecule has 0 spiro atoms. The molecule has 0 aromatic carbocycles. The van der Waals surface area contributed by atoms with E-state index in [1.807, 2.05) is 7.05 Å².